The predicted molar refractivity (Wildman–Crippen MR) is 103 cm³/mol. The van der Waals surface area contributed by atoms with Crippen LogP contribution in [0.25, 0.3) is 0 Å². The molecular weight excluding hydrogens is 429 g/mol. The molecule has 0 saturated carbocycles. The van der Waals surface area contributed by atoms with Crippen molar-refractivity contribution in [2.45, 2.75) is 19.5 Å². The van der Waals surface area contributed by atoms with E-state index in [1.165, 1.54) is 6.07 Å². The third kappa shape index (κ3) is 5.28. The van der Waals surface area contributed by atoms with Crippen LogP contribution in [0.15, 0.2) is 41.6 Å². The van der Waals surface area contributed by atoms with Gasteiger partial charge in [-0.3, -0.25) is 14.3 Å². The van der Waals surface area contributed by atoms with E-state index < -0.39 is 30.3 Å². The van der Waals surface area contributed by atoms with Crippen LogP contribution in [0.5, 0.6) is 0 Å². The van der Waals surface area contributed by atoms with E-state index in [-0.39, 0.29) is 14.9 Å². The van der Waals surface area contributed by atoms with Crippen LogP contribution in [0, 0.1) is 17.7 Å². The first-order valence-electron chi connectivity index (χ1n) is 8.08. The molecule has 0 aliphatic rings. The summed E-state index contributed by atoms with van der Waals surface area (Å²) in [5, 5.41) is 6.37. The van der Waals surface area contributed by atoms with Crippen LogP contribution in [0.4, 0.5) is 18.9 Å². The fourth-order valence-corrected chi connectivity index (χ4v) is 3.40. The third-order valence-electron chi connectivity index (χ3n) is 3.57. The maximum absolute atomic E-state index is 13.7. The molecule has 0 fully saturated rings. The van der Waals surface area contributed by atoms with Crippen molar-refractivity contribution in [1.29, 1.82) is 0 Å². The average Bonchev–Trinajstić information content (AvgIpc) is 3.29. The Morgan fingerprint density at radius 3 is 2.86 bits per heavy atom. The lowest BCUT2D eigenvalue weighted by Gasteiger charge is -2.09. The molecule has 3 aromatic rings. The minimum absolute atomic E-state index is 0.136. The molecule has 1 amide bonds. The summed E-state index contributed by atoms with van der Waals surface area (Å²) < 4.78 is 41.2. The minimum Gasteiger partial charge on any atom is -0.320 e. The van der Waals surface area contributed by atoms with Gasteiger partial charge in [0.25, 0.3) is 17.9 Å². The number of aromatic nitrogens is 3. The number of nitrogens with zero attached hydrogens (tertiary/aromatic N) is 3. The highest BCUT2D eigenvalue weighted by Gasteiger charge is 2.16. The van der Waals surface area contributed by atoms with Crippen LogP contribution in [-0.4, -0.2) is 26.7 Å². The zero-order valence-electron chi connectivity index (χ0n) is 14.5. The van der Waals surface area contributed by atoms with Crippen LogP contribution in [0.2, 0.25) is 4.34 Å². The molecule has 29 heavy (non-hydrogen) atoms. The zero-order valence-corrected chi connectivity index (χ0v) is 16.1. The van der Waals surface area contributed by atoms with Crippen molar-refractivity contribution in [1.82, 2.24) is 14.3 Å². The van der Waals surface area contributed by atoms with Gasteiger partial charge in [-0.15, -0.1) is 11.3 Å². The number of hydrogen-bond donors (Lipinski definition) is 1. The monoisotopic (exact) mass is 440 g/mol. The Labute approximate surface area is 171 Å². The number of halogens is 4. The standard InChI is InChI=1S/C18H12ClF3N4O2S/c19-16-11(3-1-5-26-6-2-4-23-26)7-14(29-16)17(27)24-12-8-13(20)18(28)25(9-12)10-15(21)22/h2,4,6-9,15H,5,10H2,(H,24,27). The number of carbonyl (C=O) groups is 1. The lowest BCUT2D eigenvalue weighted by atomic mass is 10.3. The van der Waals surface area contributed by atoms with Crippen molar-refractivity contribution < 1.29 is 18.0 Å². The van der Waals surface area contributed by atoms with Gasteiger partial charge in [0.15, 0.2) is 5.82 Å². The third-order valence-corrected chi connectivity index (χ3v) is 4.93. The average molecular weight is 441 g/mol. The molecule has 1 N–H and O–H groups in total. The Morgan fingerprint density at radius 1 is 1.38 bits per heavy atom. The maximum atomic E-state index is 13.7. The number of alkyl halides is 2. The van der Waals surface area contributed by atoms with Crippen molar-refractivity contribution in [2.24, 2.45) is 0 Å². The van der Waals surface area contributed by atoms with Crippen LogP contribution in [0.1, 0.15) is 15.2 Å². The first-order valence-corrected chi connectivity index (χ1v) is 9.28. The predicted octanol–water partition coefficient (Wildman–Crippen LogP) is 3.47. The van der Waals surface area contributed by atoms with Gasteiger partial charge in [-0.05, 0) is 12.1 Å². The second-order valence-electron chi connectivity index (χ2n) is 5.68. The summed E-state index contributed by atoms with van der Waals surface area (Å²) in [6, 6.07) is 3.99. The number of hydrogen-bond acceptors (Lipinski definition) is 4. The molecule has 150 valence electrons. The van der Waals surface area contributed by atoms with Crippen molar-refractivity contribution in [2.75, 3.05) is 5.32 Å². The topological polar surface area (TPSA) is 68.9 Å². The second-order valence-corrected chi connectivity index (χ2v) is 7.34. The van der Waals surface area contributed by atoms with Crippen LogP contribution in [-0.2, 0) is 13.1 Å². The highest BCUT2D eigenvalue weighted by Crippen LogP contribution is 2.27. The van der Waals surface area contributed by atoms with Gasteiger partial charge in [-0.25, -0.2) is 13.2 Å². The summed E-state index contributed by atoms with van der Waals surface area (Å²) in [6.45, 7) is -0.647. The van der Waals surface area contributed by atoms with E-state index in [4.69, 9.17) is 11.6 Å². The minimum atomic E-state index is -2.85. The van der Waals surface area contributed by atoms with Gasteiger partial charge >= 0.3 is 0 Å². The van der Waals surface area contributed by atoms with Gasteiger partial charge in [0.05, 0.1) is 22.7 Å². The van der Waals surface area contributed by atoms with E-state index in [2.05, 4.69) is 22.3 Å². The van der Waals surface area contributed by atoms with Crippen LogP contribution < -0.4 is 10.9 Å². The molecule has 0 spiro atoms. The highest BCUT2D eigenvalue weighted by atomic mass is 35.5. The van der Waals surface area contributed by atoms with E-state index in [9.17, 15) is 22.8 Å². The molecule has 0 atom stereocenters. The van der Waals surface area contributed by atoms with Crippen LogP contribution >= 0.6 is 22.9 Å². The lowest BCUT2D eigenvalue weighted by molar-refractivity contribution is 0.103. The first-order chi connectivity index (χ1) is 13.8. The van der Waals surface area contributed by atoms with E-state index in [1.54, 1.807) is 23.1 Å². The van der Waals surface area contributed by atoms with Gasteiger partial charge in [-0.2, -0.15) is 5.10 Å². The molecule has 0 saturated heterocycles. The van der Waals surface area contributed by atoms with Crippen LogP contribution in [0.3, 0.4) is 0 Å². The van der Waals surface area contributed by atoms with Crippen molar-refractivity contribution in [3.8, 4) is 11.8 Å². The number of pyridine rings is 1. The van der Waals surface area contributed by atoms with Gasteiger partial charge in [0.1, 0.15) is 10.9 Å². The summed E-state index contributed by atoms with van der Waals surface area (Å²) >= 11 is 7.06. The fraction of sp³-hybridized carbons (Fsp3) is 0.167. The molecule has 11 heteroatoms. The van der Waals surface area contributed by atoms with Crippen molar-refractivity contribution >= 4 is 34.5 Å². The molecule has 6 nitrogen and oxygen atoms in total. The van der Waals surface area contributed by atoms with E-state index >= 15 is 0 Å². The molecule has 0 aliphatic heterocycles. The smallest absolute Gasteiger partial charge is 0.286 e. The quantitative estimate of drug-likeness (QED) is 0.618. The number of thiophene rings is 1. The SMILES string of the molecule is O=C(Nc1cc(F)c(=O)n(CC(F)F)c1)c1cc(C#CCn2cccn2)c(Cl)s1. The largest absolute Gasteiger partial charge is 0.320 e. The maximum Gasteiger partial charge on any atom is 0.286 e. The van der Waals surface area contributed by atoms with Gasteiger partial charge in [0, 0.05) is 24.7 Å². The second kappa shape index (κ2) is 8.98. The van der Waals surface area contributed by atoms with E-state index in [0.29, 0.717) is 16.7 Å². The molecule has 0 aliphatic carbocycles. The Hall–Kier alpha value is -3.03. The molecular formula is C18H12ClF3N4O2S. The summed E-state index contributed by atoms with van der Waals surface area (Å²) in [5.74, 6) is 3.81. The molecule has 0 radical (unpaired) electrons. The summed E-state index contributed by atoms with van der Waals surface area (Å²) in [4.78, 5) is 24.1. The van der Waals surface area contributed by atoms with E-state index in [1.807, 2.05) is 0 Å². The Bertz CT molecular complexity index is 1150. The molecule has 0 aromatic carbocycles. The lowest BCUT2D eigenvalue weighted by Crippen LogP contribution is -2.26. The van der Waals surface area contributed by atoms with Gasteiger partial charge < -0.3 is 9.88 Å². The Morgan fingerprint density at radius 2 is 2.17 bits per heavy atom. The normalized spacial score (nSPS) is 10.7. The van der Waals surface area contributed by atoms with Gasteiger partial charge in [0.2, 0.25) is 0 Å². The van der Waals surface area contributed by atoms with Crippen molar-refractivity contribution in [3.63, 3.8) is 0 Å². The molecule has 3 rings (SSSR count). The van der Waals surface area contributed by atoms with Gasteiger partial charge in [-0.1, -0.05) is 23.4 Å². The number of amides is 1. The zero-order chi connectivity index (χ0) is 21.0. The number of carbonyl (C=O) groups excluding carboxylic acids is 1. The number of anilines is 1. The van der Waals surface area contributed by atoms with E-state index in [0.717, 1.165) is 23.6 Å². The van der Waals surface area contributed by atoms with Crippen molar-refractivity contribution in [3.05, 3.63) is 67.7 Å². The fourth-order valence-electron chi connectivity index (χ4n) is 2.32. The summed E-state index contributed by atoms with van der Waals surface area (Å²) in [6.07, 6.45) is 1.47. The Kier molecular flexibility index (Phi) is 6.41. The molecule has 3 heterocycles. The number of rotatable bonds is 5. The molecule has 0 bridgehead atoms. The highest BCUT2D eigenvalue weighted by molar-refractivity contribution is 7.18. The number of nitrogens with one attached hydrogen (secondary N) is 1. The first kappa shape index (κ1) is 20.7. The molecule has 0 unspecified atom stereocenters. The summed E-state index contributed by atoms with van der Waals surface area (Å²) in [5.41, 5.74) is -0.899. The summed E-state index contributed by atoms with van der Waals surface area (Å²) in [7, 11) is 0. The molecule has 3 aromatic heterocycles. The Balaban J connectivity index is 1.75.